The van der Waals surface area contributed by atoms with E-state index in [1.807, 2.05) is 13.8 Å². The Kier molecular flexibility index (Phi) is 7.74. The smallest absolute Gasteiger partial charge is 0.303 e. The summed E-state index contributed by atoms with van der Waals surface area (Å²) in [6.07, 6.45) is 2.24. The number of hydrogen-bond donors (Lipinski definition) is 2. The summed E-state index contributed by atoms with van der Waals surface area (Å²) < 4.78 is 5.61. The number of ether oxygens (including phenoxy) is 1. The minimum Gasteiger partial charge on any atom is -0.490 e. The fourth-order valence-corrected chi connectivity index (χ4v) is 2.08. The van der Waals surface area contributed by atoms with Gasteiger partial charge in [-0.15, -0.1) is 0 Å². The van der Waals surface area contributed by atoms with Crippen LogP contribution >= 0.6 is 11.6 Å². The third-order valence-electron chi connectivity index (χ3n) is 2.90. The molecule has 1 aromatic rings. The molecule has 22 heavy (non-hydrogen) atoms. The van der Waals surface area contributed by atoms with Gasteiger partial charge in [0.15, 0.2) is 0 Å². The van der Waals surface area contributed by atoms with Gasteiger partial charge < -0.3 is 15.2 Å². The summed E-state index contributed by atoms with van der Waals surface area (Å²) in [5.74, 6) is -0.530. The third kappa shape index (κ3) is 6.80. The molecule has 1 amide bonds. The van der Waals surface area contributed by atoms with Gasteiger partial charge in [-0.25, -0.2) is 0 Å². The number of nitrogens with one attached hydrogen (secondary N) is 1. The Bertz CT molecular complexity index is 517. The van der Waals surface area contributed by atoms with Crippen molar-refractivity contribution in [3.63, 3.8) is 0 Å². The molecule has 0 spiro atoms. The second kappa shape index (κ2) is 9.30. The number of carboxylic acids is 1. The topological polar surface area (TPSA) is 75.6 Å². The zero-order chi connectivity index (χ0) is 16.5. The monoisotopic (exact) mass is 327 g/mol. The SMILES string of the molecule is CC(C)Oc1ccc(Cl)cc1C(=O)NCCCCCC(=O)O. The van der Waals surface area contributed by atoms with Gasteiger partial charge in [0.05, 0.1) is 11.7 Å². The Morgan fingerprint density at radius 2 is 2.00 bits per heavy atom. The standard InChI is InChI=1S/C16H22ClNO4/c1-11(2)22-14-8-7-12(17)10-13(14)16(21)18-9-5-3-4-6-15(19)20/h7-8,10-11H,3-6,9H2,1-2H3,(H,18,21)(H,19,20). The van der Waals surface area contributed by atoms with Gasteiger partial charge in [0.25, 0.3) is 5.91 Å². The molecule has 0 saturated heterocycles. The fourth-order valence-electron chi connectivity index (χ4n) is 1.91. The van der Waals surface area contributed by atoms with Crippen molar-refractivity contribution in [3.05, 3.63) is 28.8 Å². The molecule has 122 valence electrons. The molecule has 0 aliphatic rings. The maximum absolute atomic E-state index is 12.2. The van der Waals surface area contributed by atoms with Gasteiger partial charge in [-0.3, -0.25) is 9.59 Å². The normalized spacial score (nSPS) is 10.5. The van der Waals surface area contributed by atoms with Crippen molar-refractivity contribution in [1.82, 2.24) is 5.32 Å². The summed E-state index contributed by atoms with van der Waals surface area (Å²) in [6.45, 7) is 4.27. The molecule has 0 atom stereocenters. The lowest BCUT2D eigenvalue weighted by Crippen LogP contribution is -2.25. The number of carboxylic acid groups (broad SMARTS) is 1. The van der Waals surface area contributed by atoms with Crippen LogP contribution in [0.4, 0.5) is 0 Å². The van der Waals surface area contributed by atoms with Gasteiger partial charge in [0.1, 0.15) is 5.75 Å². The molecule has 2 N–H and O–H groups in total. The van der Waals surface area contributed by atoms with Gasteiger partial charge >= 0.3 is 5.97 Å². The molecule has 0 aromatic heterocycles. The van der Waals surface area contributed by atoms with E-state index >= 15 is 0 Å². The lowest BCUT2D eigenvalue weighted by atomic mass is 10.1. The Hall–Kier alpha value is -1.75. The van der Waals surface area contributed by atoms with Crippen LogP contribution in [0.5, 0.6) is 5.75 Å². The maximum Gasteiger partial charge on any atom is 0.303 e. The molecule has 0 bridgehead atoms. The van der Waals surface area contributed by atoms with Crippen molar-refractivity contribution in [2.75, 3.05) is 6.54 Å². The predicted octanol–water partition coefficient (Wildman–Crippen LogP) is 3.50. The molecule has 0 heterocycles. The van der Waals surface area contributed by atoms with Gasteiger partial charge in [-0.2, -0.15) is 0 Å². The summed E-state index contributed by atoms with van der Waals surface area (Å²) in [4.78, 5) is 22.6. The van der Waals surface area contributed by atoms with E-state index in [0.29, 0.717) is 29.3 Å². The molecule has 1 aromatic carbocycles. The van der Waals surface area contributed by atoms with Crippen LogP contribution < -0.4 is 10.1 Å². The van der Waals surface area contributed by atoms with Crippen LogP contribution in [0.25, 0.3) is 0 Å². The van der Waals surface area contributed by atoms with Crippen LogP contribution in [0, 0.1) is 0 Å². The van der Waals surface area contributed by atoms with E-state index in [9.17, 15) is 9.59 Å². The van der Waals surface area contributed by atoms with E-state index in [0.717, 1.165) is 12.8 Å². The average molecular weight is 328 g/mol. The molecule has 0 saturated carbocycles. The van der Waals surface area contributed by atoms with Crippen LogP contribution in [-0.2, 0) is 4.79 Å². The van der Waals surface area contributed by atoms with E-state index in [1.165, 1.54) is 0 Å². The first kappa shape index (κ1) is 18.3. The fraction of sp³-hybridized carbons (Fsp3) is 0.500. The van der Waals surface area contributed by atoms with Crippen LogP contribution in [0.2, 0.25) is 5.02 Å². The number of rotatable bonds is 9. The minimum atomic E-state index is -0.793. The summed E-state index contributed by atoms with van der Waals surface area (Å²) >= 11 is 5.94. The van der Waals surface area contributed by atoms with Gasteiger partial charge in [0, 0.05) is 18.0 Å². The van der Waals surface area contributed by atoms with Crippen molar-refractivity contribution in [3.8, 4) is 5.75 Å². The van der Waals surface area contributed by atoms with Crippen molar-refractivity contribution in [2.45, 2.75) is 45.6 Å². The number of amides is 1. The molecular weight excluding hydrogens is 306 g/mol. The molecule has 0 aliphatic carbocycles. The zero-order valence-electron chi connectivity index (χ0n) is 12.9. The van der Waals surface area contributed by atoms with Crippen molar-refractivity contribution < 1.29 is 19.4 Å². The second-order valence-corrected chi connectivity index (χ2v) is 5.70. The quantitative estimate of drug-likeness (QED) is 0.681. The lowest BCUT2D eigenvalue weighted by molar-refractivity contribution is -0.137. The first-order chi connectivity index (χ1) is 10.4. The number of hydrogen-bond acceptors (Lipinski definition) is 3. The highest BCUT2D eigenvalue weighted by Gasteiger charge is 2.14. The molecule has 5 nitrogen and oxygen atoms in total. The molecule has 0 aliphatic heterocycles. The first-order valence-corrected chi connectivity index (χ1v) is 7.74. The average Bonchev–Trinajstić information content (AvgIpc) is 2.43. The molecular formula is C16H22ClNO4. The number of aliphatic carboxylic acids is 1. The van der Waals surface area contributed by atoms with E-state index in [-0.39, 0.29) is 18.4 Å². The largest absolute Gasteiger partial charge is 0.490 e. The number of unbranched alkanes of at least 4 members (excludes halogenated alkanes) is 2. The Labute approximate surface area is 135 Å². The number of benzene rings is 1. The third-order valence-corrected chi connectivity index (χ3v) is 3.14. The van der Waals surface area contributed by atoms with Gasteiger partial charge in [-0.05, 0) is 44.9 Å². The van der Waals surface area contributed by atoms with Crippen molar-refractivity contribution in [1.29, 1.82) is 0 Å². The molecule has 0 fully saturated rings. The van der Waals surface area contributed by atoms with Crippen LogP contribution in [-0.4, -0.2) is 29.6 Å². The van der Waals surface area contributed by atoms with Crippen molar-refractivity contribution in [2.24, 2.45) is 0 Å². The predicted molar refractivity (Wildman–Crippen MR) is 85.7 cm³/mol. The highest BCUT2D eigenvalue weighted by Crippen LogP contribution is 2.24. The summed E-state index contributed by atoms with van der Waals surface area (Å²) in [7, 11) is 0. The van der Waals surface area contributed by atoms with Gasteiger partial charge in [-0.1, -0.05) is 18.0 Å². The molecule has 1 rings (SSSR count). The number of halogens is 1. The summed E-state index contributed by atoms with van der Waals surface area (Å²) in [6, 6.07) is 4.95. The highest BCUT2D eigenvalue weighted by molar-refractivity contribution is 6.31. The van der Waals surface area contributed by atoms with Crippen LogP contribution in [0.15, 0.2) is 18.2 Å². The van der Waals surface area contributed by atoms with E-state index in [4.69, 9.17) is 21.4 Å². The van der Waals surface area contributed by atoms with Crippen LogP contribution in [0.3, 0.4) is 0 Å². The summed E-state index contributed by atoms with van der Waals surface area (Å²) in [5.41, 5.74) is 0.409. The minimum absolute atomic E-state index is 0.0382. The second-order valence-electron chi connectivity index (χ2n) is 5.27. The lowest BCUT2D eigenvalue weighted by Gasteiger charge is -2.14. The van der Waals surface area contributed by atoms with E-state index in [2.05, 4.69) is 5.32 Å². The number of carbonyl (C=O) groups excluding carboxylic acids is 1. The molecule has 0 radical (unpaired) electrons. The van der Waals surface area contributed by atoms with Gasteiger partial charge in [0.2, 0.25) is 0 Å². The Morgan fingerprint density at radius 1 is 1.27 bits per heavy atom. The molecule has 0 unspecified atom stereocenters. The summed E-state index contributed by atoms with van der Waals surface area (Å²) in [5, 5.41) is 11.8. The van der Waals surface area contributed by atoms with Crippen LogP contribution in [0.1, 0.15) is 49.9 Å². The maximum atomic E-state index is 12.2. The Balaban J connectivity index is 2.50. The highest BCUT2D eigenvalue weighted by atomic mass is 35.5. The van der Waals surface area contributed by atoms with Crippen molar-refractivity contribution >= 4 is 23.5 Å². The first-order valence-electron chi connectivity index (χ1n) is 7.36. The zero-order valence-corrected chi connectivity index (χ0v) is 13.7. The van der Waals surface area contributed by atoms with E-state index < -0.39 is 5.97 Å². The molecule has 6 heteroatoms. The van der Waals surface area contributed by atoms with E-state index in [1.54, 1.807) is 18.2 Å². The Morgan fingerprint density at radius 3 is 2.64 bits per heavy atom. The number of carbonyl (C=O) groups is 2.